The number of hydrogen-bond donors (Lipinski definition) is 0. The van der Waals surface area contributed by atoms with Gasteiger partial charge in [0, 0.05) is 18.4 Å². The fraction of sp³-hybridized carbons (Fsp3) is 0.360. The minimum atomic E-state index is -0.550. The number of benzene rings is 2. The van der Waals surface area contributed by atoms with Gasteiger partial charge in [-0.3, -0.25) is 14.4 Å². The number of ketones is 1. The summed E-state index contributed by atoms with van der Waals surface area (Å²) >= 11 is 0. The van der Waals surface area contributed by atoms with E-state index in [1.54, 1.807) is 0 Å². The number of carbonyl (C=O) groups excluding carboxylic acids is 3. The topological polar surface area (TPSA) is 76.0 Å². The van der Waals surface area contributed by atoms with Crippen LogP contribution in [-0.4, -0.2) is 41.5 Å². The molecule has 1 aliphatic heterocycles. The van der Waals surface area contributed by atoms with Crippen molar-refractivity contribution in [2.24, 2.45) is 5.10 Å². The van der Waals surface area contributed by atoms with Crippen LogP contribution in [0.25, 0.3) is 0 Å². The van der Waals surface area contributed by atoms with Crippen LogP contribution in [0.1, 0.15) is 59.2 Å². The molecule has 31 heavy (non-hydrogen) atoms. The summed E-state index contributed by atoms with van der Waals surface area (Å²) in [7, 11) is 0. The van der Waals surface area contributed by atoms with Crippen LogP contribution < -0.4 is 0 Å². The van der Waals surface area contributed by atoms with E-state index in [0.29, 0.717) is 18.5 Å². The molecule has 1 aliphatic carbocycles. The van der Waals surface area contributed by atoms with Gasteiger partial charge in [0.15, 0.2) is 12.4 Å². The minimum absolute atomic E-state index is 0.0399. The number of carbonyl (C=O) groups is 3. The second-order valence-electron chi connectivity index (χ2n) is 7.95. The van der Waals surface area contributed by atoms with Crippen LogP contribution in [0.3, 0.4) is 0 Å². The first-order valence-electron chi connectivity index (χ1n) is 10.8. The molecule has 0 radical (unpaired) electrons. The lowest BCUT2D eigenvalue weighted by molar-refractivity contribution is -0.151. The zero-order valence-corrected chi connectivity index (χ0v) is 17.5. The van der Waals surface area contributed by atoms with Crippen LogP contribution in [0.15, 0.2) is 53.6 Å². The van der Waals surface area contributed by atoms with Crippen LogP contribution in [0.5, 0.6) is 0 Å². The maximum absolute atomic E-state index is 12.5. The molecular formula is C25H26N2O4. The largest absolute Gasteiger partial charge is 0.455 e. The fourth-order valence-electron chi connectivity index (χ4n) is 4.03. The van der Waals surface area contributed by atoms with E-state index < -0.39 is 5.97 Å². The predicted molar refractivity (Wildman–Crippen MR) is 117 cm³/mol. The molecule has 160 valence electrons. The zero-order valence-electron chi connectivity index (χ0n) is 17.5. The molecule has 0 N–H and O–H groups in total. The van der Waals surface area contributed by atoms with Gasteiger partial charge >= 0.3 is 5.97 Å². The lowest BCUT2D eigenvalue weighted by atomic mass is 9.89. The molecular weight excluding hydrogens is 392 g/mol. The third kappa shape index (κ3) is 5.26. The summed E-state index contributed by atoms with van der Waals surface area (Å²) < 4.78 is 5.08. The number of amides is 1. The molecule has 6 nitrogen and oxygen atoms in total. The van der Waals surface area contributed by atoms with Gasteiger partial charge in [-0.2, -0.15) is 5.10 Å². The molecule has 0 saturated heterocycles. The van der Waals surface area contributed by atoms with Crippen LogP contribution in [-0.2, 0) is 27.2 Å². The minimum Gasteiger partial charge on any atom is -0.455 e. The van der Waals surface area contributed by atoms with Gasteiger partial charge < -0.3 is 4.74 Å². The molecule has 0 fully saturated rings. The first-order chi connectivity index (χ1) is 15.1. The second-order valence-corrected chi connectivity index (χ2v) is 7.95. The molecule has 0 atom stereocenters. The van der Waals surface area contributed by atoms with Gasteiger partial charge in [0.1, 0.15) is 0 Å². The number of hydrazone groups is 1. The van der Waals surface area contributed by atoms with Crippen LogP contribution in [0, 0.1) is 0 Å². The average Bonchev–Trinajstić information content (AvgIpc) is 3.32. The summed E-state index contributed by atoms with van der Waals surface area (Å²) in [5.41, 5.74) is 5.03. The molecule has 1 amide bonds. The quantitative estimate of drug-likeness (QED) is 0.507. The van der Waals surface area contributed by atoms with Gasteiger partial charge in [-0.05, 0) is 48.4 Å². The first-order valence-corrected chi connectivity index (χ1v) is 10.8. The van der Waals surface area contributed by atoms with E-state index in [9.17, 15) is 14.4 Å². The van der Waals surface area contributed by atoms with E-state index in [2.05, 4.69) is 5.10 Å². The molecule has 0 unspecified atom stereocenters. The maximum Gasteiger partial charge on any atom is 0.306 e. The highest BCUT2D eigenvalue weighted by Crippen LogP contribution is 2.23. The first kappa shape index (κ1) is 21.0. The van der Waals surface area contributed by atoms with Crippen LogP contribution >= 0.6 is 0 Å². The monoisotopic (exact) mass is 418 g/mol. The van der Waals surface area contributed by atoms with Gasteiger partial charge in [-0.25, -0.2) is 5.01 Å². The standard InChI is InChI=1S/C25H26N2O4/c28-23(21-11-10-18-6-4-5-9-20(18)16-21)12-13-25(30)31-17-24(29)27-15-14-22(26-27)19-7-2-1-3-8-19/h1-3,7-8,10-11,16H,4-6,9,12-15,17H2. The molecule has 6 heteroatoms. The summed E-state index contributed by atoms with van der Waals surface area (Å²) in [6.45, 7) is 0.106. The molecule has 0 spiro atoms. The highest BCUT2D eigenvalue weighted by Gasteiger charge is 2.22. The third-order valence-corrected chi connectivity index (χ3v) is 5.78. The smallest absolute Gasteiger partial charge is 0.306 e. The Hall–Kier alpha value is -3.28. The summed E-state index contributed by atoms with van der Waals surface area (Å²) in [5.74, 6) is -0.986. The SMILES string of the molecule is O=C(CCC(=O)c1ccc2c(c1)CCCC2)OCC(=O)N1CCC(c2ccccc2)=N1. The van der Waals surface area contributed by atoms with Gasteiger partial charge in [0.25, 0.3) is 5.91 Å². The van der Waals surface area contributed by atoms with Gasteiger partial charge in [0.2, 0.25) is 0 Å². The van der Waals surface area contributed by atoms with Crippen molar-refractivity contribution in [2.75, 3.05) is 13.2 Å². The Labute approximate surface area is 181 Å². The second kappa shape index (κ2) is 9.69. The van der Waals surface area contributed by atoms with Gasteiger partial charge in [0.05, 0.1) is 18.7 Å². The lowest BCUT2D eigenvalue weighted by Gasteiger charge is -2.16. The Morgan fingerprint density at radius 2 is 1.68 bits per heavy atom. The number of nitrogens with zero attached hydrogens (tertiary/aromatic N) is 2. The van der Waals surface area contributed by atoms with Crippen molar-refractivity contribution in [3.05, 3.63) is 70.8 Å². The third-order valence-electron chi connectivity index (χ3n) is 5.78. The number of Topliss-reactive ketones (excluding diaryl/α,β-unsaturated/α-hetero) is 1. The Morgan fingerprint density at radius 3 is 2.48 bits per heavy atom. The number of ether oxygens (including phenoxy) is 1. The Morgan fingerprint density at radius 1 is 0.903 bits per heavy atom. The Bertz CT molecular complexity index is 1010. The number of hydrogen-bond acceptors (Lipinski definition) is 5. The lowest BCUT2D eigenvalue weighted by Crippen LogP contribution is -2.28. The molecule has 2 aliphatic rings. The van der Waals surface area contributed by atoms with E-state index in [1.807, 2.05) is 48.5 Å². The molecule has 2 aromatic carbocycles. The van der Waals surface area contributed by atoms with Crippen molar-refractivity contribution >= 4 is 23.4 Å². The molecule has 1 heterocycles. The van der Waals surface area contributed by atoms with Crippen molar-refractivity contribution in [1.82, 2.24) is 5.01 Å². The highest BCUT2D eigenvalue weighted by molar-refractivity contribution is 6.02. The summed E-state index contributed by atoms with van der Waals surface area (Å²) in [4.78, 5) is 36.8. The Kier molecular flexibility index (Phi) is 6.55. The van der Waals surface area contributed by atoms with E-state index in [-0.39, 0.29) is 31.1 Å². The van der Waals surface area contributed by atoms with Crippen molar-refractivity contribution in [1.29, 1.82) is 0 Å². The zero-order chi connectivity index (χ0) is 21.6. The molecule has 0 bridgehead atoms. The average molecular weight is 418 g/mol. The number of esters is 1. The van der Waals surface area contributed by atoms with E-state index in [0.717, 1.165) is 30.5 Å². The predicted octanol–water partition coefficient (Wildman–Crippen LogP) is 3.71. The van der Waals surface area contributed by atoms with E-state index in [1.165, 1.54) is 22.6 Å². The number of aryl methyl sites for hydroxylation is 2. The molecule has 2 aromatic rings. The fourth-order valence-corrected chi connectivity index (χ4v) is 4.03. The van der Waals surface area contributed by atoms with Gasteiger partial charge in [-0.1, -0.05) is 42.5 Å². The molecule has 0 aromatic heterocycles. The normalized spacial score (nSPS) is 15.2. The van der Waals surface area contributed by atoms with Crippen molar-refractivity contribution in [2.45, 2.75) is 44.9 Å². The maximum atomic E-state index is 12.5. The van der Waals surface area contributed by atoms with E-state index >= 15 is 0 Å². The van der Waals surface area contributed by atoms with E-state index in [4.69, 9.17) is 4.74 Å². The highest BCUT2D eigenvalue weighted by atomic mass is 16.5. The summed E-state index contributed by atoms with van der Waals surface area (Å²) in [5, 5.41) is 5.68. The van der Waals surface area contributed by atoms with Crippen LogP contribution in [0.2, 0.25) is 0 Å². The summed E-state index contributed by atoms with van der Waals surface area (Å²) in [6, 6.07) is 15.5. The van der Waals surface area contributed by atoms with Crippen LogP contribution in [0.4, 0.5) is 0 Å². The van der Waals surface area contributed by atoms with Crippen molar-refractivity contribution in [3.8, 4) is 0 Å². The number of fused-ring (bicyclic) bond motifs is 1. The Balaban J connectivity index is 1.23. The number of rotatable bonds is 7. The molecule has 4 rings (SSSR count). The molecule has 0 saturated carbocycles. The van der Waals surface area contributed by atoms with Gasteiger partial charge in [-0.15, -0.1) is 0 Å². The van der Waals surface area contributed by atoms with Crippen molar-refractivity contribution in [3.63, 3.8) is 0 Å². The summed E-state index contributed by atoms with van der Waals surface area (Å²) in [6.07, 6.45) is 5.12. The van der Waals surface area contributed by atoms with Crippen molar-refractivity contribution < 1.29 is 19.1 Å².